The van der Waals surface area contributed by atoms with Crippen molar-refractivity contribution in [1.82, 2.24) is 15.0 Å². The van der Waals surface area contributed by atoms with Gasteiger partial charge >= 0.3 is 0 Å². The SMILES string of the molecule is COc1ccc(N=NC(=Nc2nc(-c3c(-c4ccc(Cl)cc4)[nH]c4ccccc34)cs2)c2c(-c3ccccc3)[nH]c3ccccc23)cc1. The van der Waals surface area contributed by atoms with Crippen molar-refractivity contribution in [2.24, 2.45) is 15.2 Å². The van der Waals surface area contributed by atoms with Crippen molar-refractivity contribution in [3.05, 3.63) is 143 Å². The van der Waals surface area contributed by atoms with Crippen molar-refractivity contribution < 1.29 is 4.74 Å². The number of ether oxygens (including phenoxy) is 1. The van der Waals surface area contributed by atoms with Crippen LogP contribution in [0.4, 0.5) is 10.8 Å². The summed E-state index contributed by atoms with van der Waals surface area (Å²) in [6.45, 7) is 0. The Morgan fingerprint density at radius 3 is 2.10 bits per heavy atom. The van der Waals surface area contributed by atoms with E-state index < -0.39 is 0 Å². The molecule has 0 saturated heterocycles. The summed E-state index contributed by atoms with van der Waals surface area (Å²) in [5, 5.41) is 14.8. The number of aromatic amines is 2. The van der Waals surface area contributed by atoms with Gasteiger partial charge in [-0.1, -0.05) is 90.5 Å². The number of nitrogens with one attached hydrogen (secondary N) is 2. The summed E-state index contributed by atoms with van der Waals surface area (Å²) in [7, 11) is 1.64. The summed E-state index contributed by atoms with van der Waals surface area (Å²) in [5.74, 6) is 1.19. The van der Waals surface area contributed by atoms with Crippen LogP contribution in [-0.4, -0.2) is 27.9 Å². The third-order valence-electron chi connectivity index (χ3n) is 8.11. The lowest BCUT2D eigenvalue weighted by Gasteiger charge is -2.05. The molecule has 0 aliphatic heterocycles. The number of methoxy groups -OCH3 is 1. The standard InChI is InChI=1S/C39H27ClN6OS/c1-47-28-21-19-27(20-22-28)45-46-38(35-30-12-6-8-14-32(30)42-37(35)24-9-3-2-4-10-24)44-39-43-33(23-48-39)34-29-11-5-7-13-31(29)41-36(34)25-15-17-26(40)18-16-25/h2-23,41-42H,1H3. The molecule has 0 saturated carbocycles. The van der Waals surface area contributed by atoms with Crippen molar-refractivity contribution in [2.75, 3.05) is 7.11 Å². The summed E-state index contributed by atoms with van der Waals surface area (Å²) in [6, 6.07) is 41.9. The van der Waals surface area contributed by atoms with Crippen LogP contribution in [0, 0.1) is 0 Å². The number of amidine groups is 1. The Morgan fingerprint density at radius 1 is 0.708 bits per heavy atom. The minimum atomic E-state index is 0.444. The van der Waals surface area contributed by atoms with Crippen LogP contribution in [0.1, 0.15) is 5.56 Å². The fourth-order valence-electron chi connectivity index (χ4n) is 5.84. The third kappa shape index (κ3) is 5.68. The van der Waals surface area contributed by atoms with E-state index in [1.165, 1.54) is 11.3 Å². The second kappa shape index (κ2) is 12.8. The van der Waals surface area contributed by atoms with E-state index in [1.807, 2.05) is 96.4 Å². The first-order chi connectivity index (χ1) is 23.6. The number of fused-ring (bicyclic) bond motifs is 2. The number of halogens is 1. The summed E-state index contributed by atoms with van der Waals surface area (Å²) in [5.41, 5.74) is 9.25. The molecular weight excluding hydrogens is 636 g/mol. The number of para-hydroxylation sites is 2. The zero-order chi connectivity index (χ0) is 32.5. The Bertz CT molecular complexity index is 2440. The lowest BCUT2D eigenvalue weighted by Crippen LogP contribution is -1.98. The Balaban J connectivity index is 1.30. The molecule has 0 fully saturated rings. The number of hydrogen-bond donors (Lipinski definition) is 2. The van der Waals surface area contributed by atoms with Crippen LogP contribution in [0.25, 0.3) is 55.6 Å². The molecule has 232 valence electrons. The highest BCUT2D eigenvalue weighted by molar-refractivity contribution is 7.13. The van der Waals surface area contributed by atoms with Gasteiger partial charge in [-0.15, -0.1) is 21.6 Å². The van der Waals surface area contributed by atoms with E-state index in [2.05, 4.69) is 51.5 Å². The van der Waals surface area contributed by atoms with E-state index in [0.29, 0.717) is 21.7 Å². The van der Waals surface area contributed by atoms with Crippen molar-refractivity contribution in [1.29, 1.82) is 0 Å². The van der Waals surface area contributed by atoms with E-state index in [-0.39, 0.29) is 0 Å². The first kappa shape index (κ1) is 29.6. The Morgan fingerprint density at radius 2 is 1.35 bits per heavy atom. The maximum atomic E-state index is 6.23. The molecule has 0 spiro atoms. The van der Waals surface area contributed by atoms with Gasteiger partial charge in [0.25, 0.3) is 0 Å². The third-order valence-corrected chi connectivity index (χ3v) is 9.10. The Hall–Kier alpha value is -5.83. The van der Waals surface area contributed by atoms with Gasteiger partial charge in [0.15, 0.2) is 5.84 Å². The molecule has 0 aliphatic rings. The van der Waals surface area contributed by atoms with Crippen LogP contribution in [0.3, 0.4) is 0 Å². The van der Waals surface area contributed by atoms with Crippen LogP contribution < -0.4 is 4.74 Å². The lowest BCUT2D eigenvalue weighted by molar-refractivity contribution is 0.415. The second-order valence-electron chi connectivity index (χ2n) is 11.1. The number of nitrogens with zero attached hydrogens (tertiary/aromatic N) is 4. The maximum absolute atomic E-state index is 6.23. The number of hydrogen-bond acceptors (Lipinski definition) is 5. The number of benzene rings is 5. The van der Waals surface area contributed by atoms with Crippen molar-refractivity contribution >= 4 is 61.4 Å². The second-order valence-corrected chi connectivity index (χ2v) is 12.3. The normalized spacial score (nSPS) is 12.0. The molecule has 0 radical (unpaired) electrons. The van der Waals surface area contributed by atoms with E-state index in [0.717, 1.165) is 66.9 Å². The van der Waals surface area contributed by atoms with E-state index >= 15 is 0 Å². The molecule has 48 heavy (non-hydrogen) atoms. The van der Waals surface area contributed by atoms with Gasteiger partial charge in [0.05, 0.1) is 35.4 Å². The minimum absolute atomic E-state index is 0.444. The van der Waals surface area contributed by atoms with Gasteiger partial charge in [-0.3, -0.25) is 0 Å². The van der Waals surface area contributed by atoms with Crippen LogP contribution >= 0.6 is 22.9 Å². The fraction of sp³-hybridized carbons (Fsp3) is 0.0256. The zero-order valence-electron chi connectivity index (χ0n) is 25.7. The highest BCUT2D eigenvalue weighted by Crippen LogP contribution is 2.41. The maximum Gasteiger partial charge on any atom is 0.211 e. The number of thiazole rings is 1. The van der Waals surface area contributed by atoms with E-state index in [1.54, 1.807) is 7.11 Å². The predicted octanol–water partition coefficient (Wildman–Crippen LogP) is 11.6. The van der Waals surface area contributed by atoms with Crippen LogP contribution in [-0.2, 0) is 0 Å². The van der Waals surface area contributed by atoms with Crippen molar-refractivity contribution in [3.63, 3.8) is 0 Å². The summed E-state index contributed by atoms with van der Waals surface area (Å²) < 4.78 is 5.33. The molecular formula is C39H27ClN6OS. The van der Waals surface area contributed by atoms with E-state index in [9.17, 15) is 0 Å². The monoisotopic (exact) mass is 662 g/mol. The van der Waals surface area contributed by atoms with Crippen molar-refractivity contribution in [2.45, 2.75) is 0 Å². The number of aromatic nitrogens is 3. The van der Waals surface area contributed by atoms with Gasteiger partial charge in [-0.25, -0.2) is 4.98 Å². The molecule has 0 unspecified atom stereocenters. The average molecular weight is 663 g/mol. The minimum Gasteiger partial charge on any atom is -0.497 e. The zero-order valence-corrected chi connectivity index (χ0v) is 27.3. The molecule has 2 N–H and O–H groups in total. The molecule has 3 aromatic heterocycles. The first-order valence-electron chi connectivity index (χ1n) is 15.3. The summed E-state index contributed by atoms with van der Waals surface area (Å²) in [4.78, 5) is 17.4. The summed E-state index contributed by atoms with van der Waals surface area (Å²) in [6.07, 6.45) is 0. The molecule has 8 aromatic rings. The number of rotatable bonds is 7. The largest absolute Gasteiger partial charge is 0.497 e. The molecule has 0 atom stereocenters. The number of azo groups is 1. The fourth-order valence-corrected chi connectivity index (χ4v) is 6.64. The van der Waals surface area contributed by atoms with E-state index in [4.69, 9.17) is 31.4 Å². The smallest absolute Gasteiger partial charge is 0.211 e. The van der Waals surface area contributed by atoms with Crippen molar-refractivity contribution in [3.8, 4) is 39.5 Å². The lowest BCUT2D eigenvalue weighted by atomic mass is 10.0. The Labute approximate surface area is 285 Å². The van der Waals surface area contributed by atoms with Gasteiger partial charge in [-0.2, -0.15) is 4.99 Å². The van der Waals surface area contributed by atoms with Gasteiger partial charge in [0.2, 0.25) is 5.13 Å². The summed E-state index contributed by atoms with van der Waals surface area (Å²) >= 11 is 7.69. The highest BCUT2D eigenvalue weighted by Gasteiger charge is 2.21. The molecule has 7 nitrogen and oxygen atoms in total. The van der Waals surface area contributed by atoms with Gasteiger partial charge in [0, 0.05) is 37.8 Å². The quantitative estimate of drug-likeness (QED) is 0.101. The van der Waals surface area contributed by atoms with Gasteiger partial charge in [0.1, 0.15) is 5.75 Å². The molecule has 9 heteroatoms. The molecule has 8 rings (SSSR count). The predicted molar refractivity (Wildman–Crippen MR) is 197 cm³/mol. The first-order valence-corrected chi connectivity index (χ1v) is 16.5. The molecule has 5 aromatic carbocycles. The molecule has 0 aliphatic carbocycles. The topological polar surface area (TPSA) is 90.8 Å². The van der Waals surface area contributed by atoms with Crippen LogP contribution in [0.5, 0.6) is 5.75 Å². The Kier molecular flexibility index (Phi) is 7.86. The van der Waals surface area contributed by atoms with Gasteiger partial charge < -0.3 is 14.7 Å². The van der Waals surface area contributed by atoms with Gasteiger partial charge in [-0.05, 0) is 59.7 Å². The van der Waals surface area contributed by atoms with Crippen LogP contribution in [0.15, 0.2) is 148 Å². The average Bonchev–Trinajstić information content (AvgIpc) is 3.86. The molecule has 3 heterocycles. The molecule has 0 bridgehead atoms. The number of H-pyrrole nitrogens is 2. The van der Waals surface area contributed by atoms with Crippen LogP contribution in [0.2, 0.25) is 5.02 Å². The highest BCUT2D eigenvalue weighted by atomic mass is 35.5. The number of aliphatic imine (C=N–C) groups is 1. The molecule has 0 amide bonds.